The second kappa shape index (κ2) is 4.93. The Kier molecular flexibility index (Phi) is 3.56. The van der Waals surface area contributed by atoms with Gasteiger partial charge >= 0.3 is 0 Å². The maximum atomic E-state index is 5.61. The smallest absolute Gasteiger partial charge is 0.138 e. The van der Waals surface area contributed by atoms with Gasteiger partial charge in [-0.2, -0.15) is 5.10 Å². The van der Waals surface area contributed by atoms with Crippen molar-refractivity contribution in [3.05, 3.63) is 12.2 Å². The lowest BCUT2D eigenvalue weighted by molar-refractivity contribution is 0.117. The van der Waals surface area contributed by atoms with Crippen molar-refractivity contribution >= 4 is 0 Å². The largest absolute Gasteiger partial charge is 0.378 e. The molecule has 0 radical (unpaired) electrons. The molecule has 90 valence electrons. The third kappa shape index (κ3) is 2.41. The van der Waals surface area contributed by atoms with Crippen LogP contribution < -0.4 is 5.32 Å². The molecule has 3 unspecified atom stereocenters. The van der Waals surface area contributed by atoms with E-state index in [-0.39, 0.29) is 0 Å². The van der Waals surface area contributed by atoms with Gasteiger partial charge in [-0.1, -0.05) is 0 Å². The number of hydrogen-bond acceptors (Lipinski definition) is 4. The topological polar surface area (TPSA) is 52.0 Å². The molecule has 1 aliphatic rings. The molecule has 1 saturated heterocycles. The Morgan fingerprint density at radius 3 is 3.00 bits per heavy atom. The van der Waals surface area contributed by atoms with Crippen molar-refractivity contribution in [1.82, 2.24) is 20.1 Å². The van der Waals surface area contributed by atoms with E-state index in [4.69, 9.17) is 4.74 Å². The number of aromatic nitrogens is 3. The highest BCUT2D eigenvalue weighted by Gasteiger charge is 2.29. The summed E-state index contributed by atoms with van der Waals surface area (Å²) in [6, 6.07) is 0.424. The highest BCUT2D eigenvalue weighted by atomic mass is 16.5. The molecule has 2 heterocycles. The number of ether oxygens (including phenoxy) is 1. The van der Waals surface area contributed by atoms with Crippen molar-refractivity contribution in [2.24, 2.45) is 13.0 Å². The van der Waals surface area contributed by atoms with Crippen LogP contribution in [0.15, 0.2) is 6.33 Å². The van der Waals surface area contributed by atoms with Crippen LogP contribution in [0.5, 0.6) is 0 Å². The van der Waals surface area contributed by atoms with Crippen molar-refractivity contribution in [3.63, 3.8) is 0 Å². The zero-order chi connectivity index (χ0) is 11.5. The Morgan fingerprint density at radius 2 is 2.50 bits per heavy atom. The van der Waals surface area contributed by atoms with Crippen LogP contribution in [0.1, 0.15) is 19.2 Å². The van der Waals surface area contributed by atoms with Gasteiger partial charge in [0.25, 0.3) is 0 Å². The minimum Gasteiger partial charge on any atom is -0.378 e. The fourth-order valence-electron chi connectivity index (χ4n) is 2.34. The van der Waals surface area contributed by atoms with Crippen LogP contribution in [0, 0.1) is 5.92 Å². The molecule has 1 N–H and O–H groups in total. The van der Waals surface area contributed by atoms with Crippen LogP contribution in [0.4, 0.5) is 0 Å². The molecule has 0 aliphatic carbocycles. The summed E-state index contributed by atoms with van der Waals surface area (Å²) in [6.45, 7) is 2.99. The highest BCUT2D eigenvalue weighted by molar-refractivity contribution is 4.92. The van der Waals surface area contributed by atoms with Gasteiger partial charge in [0, 0.05) is 25.4 Å². The summed E-state index contributed by atoms with van der Waals surface area (Å²) in [6.07, 6.45) is 4.03. The second-order valence-corrected chi connectivity index (χ2v) is 4.54. The molecule has 1 fully saturated rings. The first-order valence-electron chi connectivity index (χ1n) is 5.82. The number of rotatable bonds is 4. The number of aryl methyl sites for hydroxylation is 1. The maximum Gasteiger partial charge on any atom is 0.138 e. The Bertz CT molecular complexity index is 338. The molecule has 0 saturated carbocycles. The first-order chi connectivity index (χ1) is 7.70. The first-order valence-corrected chi connectivity index (χ1v) is 5.82. The van der Waals surface area contributed by atoms with Gasteiger partial charge in [0.15, 0.2) is 0 Å². The fraction of sp³-hybridized carbons (Fsp3) is 0.818. The van der Waals surface area contributed by atoms with Gasteiger partial charge in [-0.05, 0) is 20.4 Å². The molecule has 1 aromatic rings. The van der Waals surface area contributed by atoms with Crippen molar-refractivity contribution in [2.45, 2.75) is 31.9 Å². The van der Waals surface area contributed by atoms with E-state index in [1.54, 1.807) is 6.33 Å². The zero-order valence-corrected chi connectivity index (χ0v) is 10.2. The van der Waals surface area contributed by atoms with Gasteiger partial charge in [0.1, 0.15) is 12.2 Å². The molecule has 16 heavy (non-hydrogen) atoms. The van der Waals surface area contributed by atoms with Crippen molar-refractivity contribution in [2.75, 3.05) is 13.7 Å². The van der Waals surface area contributed by atoms with Gasteiger partial charge in [-0.25, -0.2) is 4.98 Å². The average Bonchev–Trinajstić information content (AvgIpc) is 2.85. The first kappa shape index (κ1) is 11.5. The molecule has 0 aromatic carbocycles. The number of likely N-dealkylation sites (N-methyl/N-ethyl adjacent to an activating group) is 1. The molecular weight excluding hydrogens is 204 g/mol. The quantitative estimate of drug-likeness (QED) is 0.803. The van der Waals surface area contributed by atoms with E-state index in [1.807, 2.05) is 18.8 Å². The summed E-state index contributed by atoms with van der Waals surface area (Å²) in [4.78, 5) is 4.26. The summed E-state index contributed by atoms with van der Waals surface area (Å²) in [5.74, 6) is 1.61. The molecular formula is C11H20N4O. The molecule has 0 bridgehead atoms. The molecule has 3 atom stereocenters. The van der Waals surface area contributed by atoms with Gasteiger partial charge in [-0.3, -0.25) is 4.68 Å². The van der Waals surface area contributed by atoms with E-state index in [1.165, 1.54) is 0 Å². The van der Waals surface area contributed by atoms with E-state index in [9.17, 15) is 0 Å². The van der Waals surface area contributed by atoms with Gasteiger partial charge in [0.2, 0.25) is 0 Å². The average molecular weight is 224 g/mol. The van der Waals surface area contributed by atoms with Crippen molar-refractivity contribution in [3.8, 4) is 0 Å². The van der Waals surface area contributed by atoms with E-state index in [0.29, 0.717) is 18.1 Å². The van der Waals surface area contributed by atoms with Gasteiger partial charge in [0.05, 0.1) is 12.7 Å². The Hall–Kier alpha value is -0.940. The third-order valence-corrected chi connectivity index (χ3v) is 3.38. The standard InChI is InChI=1S/C11H20N4O/c1-8-4-9(6-16-8)10(12-2)5-11-13-7-14-15(11)3/h7-10,12H,4-6H2,1-3H3. The molecule has 1 aliphatic heterocycles. The maximum absolute atomic E-state index is 5.61. The Balaban J connectivity index is 1.98. The minimum atomic E-state index is 0.389. The highest BCUT2D eigenvalue weighted by Crippen LogP contribution is 2.23. The summed E-state index contributed by atoms with van der Waals surface area (Å²) < 4.78 is 7.45. The predicted octanol–water partition coefficient (Wildman–Crippen LogP) is 0.371. The molecule has 2 rings (SSSR count). The van der Waals surface area contributed by atoms with Crippen LogP contribution in [-0.4, -0.2) is 40.6 Å². The van der Waals surface area contributed by atoms with Crippen LogP contribution in [-0.2, 0) is 18.2 Å². The summed E-state index contributed by atoms with van der Waals surface area (Å²) in [5, 5.41) is 7.46. The number of nitrogens with zero attached hydrogens (tertiary/aromatic N) is 3. The zero-order valence-electron chi connectivity index (χ0n) is 10.2. The van der Waals surface area contributed by atoms with E-state index >= 15 is 0 Å². The Labute approximate surface area is 96.2 Å². The third-order valence-electron chi connectivity index (χ3n) is 3.38. The molecule has 5 heteroatoms. The SMILES string of the molecule is CNC(Cc1ncnn1C)C1COC(C)C1. The van der Waals surface area contributed by atoms with Crippen molar-refractivity contribution < 1.29 is 4.74 Å². The lowest BCUT2D eigenvalue weighted by Gasteiger charge is -2.21. The minimum absolute atomic E-state index is 0.389. The molecule has 5 nitrogen and oxygen atoms in total. The van der Waals surface area contributed by atoms with E-state index in [0.717, 1.165) is 25.3 Å². The van der Waals surface area contributed by atoms with Crippen LogP contribution in [0.3, 0.4) is 0 Å². The Morgan fingerprint density at radius 1 is 1.69 bits per heavy atom. The van der Waals surface area contributed by atoms with Crippen LogP contribution >= 0.6 is 0 Å². The summed E-state index contributed by atoms with van der Waals surface area (Å²) in [5.41, 5.74) is 0. The van der Waals surface area contributed by atoms with Gasteiger partial charge in [-0.15, -0.1) is 0 Å². The van der Waals surface area contributed by atoms with Crippen LogP contribution in [0.25, 0.3) is 0 Å². The monoisotopic (exact) mass is 224 g/mol. The van der Waals surface area contributed by atoms with E-state index in [2.05, 4.69) is 22.3 Å². The lowest BCUT2D eigenvalue weighted by Crippen LogP contribution is -2.36. The van der Waals surface area contributed by atoms with Crippen LogP contribution in [0.2, 0.25) is 0 Å². The normalized spacial score (nSPS) is 27.2. The second-order valence-electron chi connectivity index (χ2n) is 4.54. The summed E-state index contributed by atoms with van der Waals surface area (Å²) >= 11 is 0. The molecule has 0 amide bonds. The van der Waals surface area contributed by atoms with Crippen molar-refractivity contribution in [1.29, 1.82) is 0 Å². The van der Waals surface area contributed by atoms with Gasteiger partial charge < -0.3 is 10.1 Å². The molecule has 1 aromatic heterocycles. The lowest BCUT2D eigenvalue weighted by atomic mass is 9.94. The predicted molar refractivity (Wildman–Crippen MR) is 61.1 cm³/mol. The fourth-order valence-corrected chi connectivity index (χ4v) is 2.34. The summed E-state index contributed by atoms with van der Waals surface area (Å²) in [7, 11) is 3.94. The van der Waals surface area contributed by atoms with E-state index < -0.39 is 0 Å². The number of hydrogen-bond donors (Lipinski definition) is 1. The number of nitrogens with one attached hydrogen (secondary N) is 1. The molecule has 0 spiro atoms.